The third-order valence-electron chi connectivity index (χ3n) is 2.23. The molecule has 0 saturated carbocycles. The summed E-state index contributed by atoms with van der Waals surface area (Å²) >= 11 is 3.20. The minimum absolute atomic E-state index is 0.00875. The van der Waals surface area contributed by atoms with Gasteiger partial charge in [0.05, 0.1) is 0 Å². The zero-order chi connectivity index (χ0) is 9.42. The molecule has 1 aromatic rings. The molecule has 0 spiro atoms. The second-order valence-electron chi connectivity index (χ2n) is 3.21. The van der Waals surface area contributed by atoms with Gasteiger partial charge in [-0.3, -0.25) is 4.79 Å². The third-order valence-corrected chi connectivity index (χ3v) is 2.62. The number of likely N-dealkylation sites (tertiary alicyclic amines) is 1. The Bertz CT molecular complexity index is 341. The summed E-state index contributed by atoms with van der Waals surface area (Å²) in [4.78, 5) is 13.5. The maximum absolute atomic E-state index is 11.7. The van der Waals surface area contributed by atoms with Crippen molar-refractivity contribution >= 4 is 21.8 Å². The van der Waals surface area contributed by atoms with Crippen LogP contribution < -0.4 is 0 Å². The number of amides is 1. The highest BCUT2D eigenvalue weighted by Crippen LogP contribution is 2.22. The van der Waals surface area contributed by atoms with Gasteiger partial charge in [-0.05, 0) is 35.3 Å². The van der Waals surface area contributed by atoms with E-state index in [1.165, 1.54) is 0 Å². The predicted molar refractivity (Wildman–Crippen MR) is 51.7 cm³/mol. The van der Waals surface area contributed by atoms with Crippen molar-refractivity contribution in [1.29, 1.82) is 0 Å². The summed E-state index contributed by atoms with van der Waals surface area (Å²) in [6.07, 6.45) is 1.10. The van der Waals surface area contributed by atoms with E-state index in [0.29, 0.717) is 10.4 Å². The molecule has 0 N–H and O–H groups in total. The van der Waals surface area contributed by atoms with Gasteiger partial charge < -0.3 is 9.32 Å². The average Bonchev–Trinajstić information content (AvgIpc) is 2.26. The number of rotatable bonds is 1. The molecule has 3 nitrogen and oxygen atoms in total. The molecule has 2 heterocycles. The molecule has 13 heavy (non-hydrogen) atoms. The zero-order valence-corrected chi connectivity index (χ0v) is 8.93. The van der Waals surface area contributed by atoms with Gasteiger partial charge in [0.2, 0.25) is 0 Å². The molecule has 0 aromatic carbocycles. The van der Waals surface area contributed by atoms with E-state index < -0.39 is 0 Å². The van der Waals surface area contributed by atoms with E-state index >= 15 is 0 Å². The van der Waals surface area contributed by atoms with Gasteiger partial charge in [0.25, 0.3) is 5.91 Å². The highest BCUT2D eigenvalue weighted by molar-refractivity contribution is 9.10. The molecular weight excluding hydrogens is 234 g/mol. The van der Waals surface area contributed by atoms with Gasteiger partial charge in [0.1, 0.15) is 0 Å². The van der Waals surface area contributed by atoms with Crippen molar-refractivity contribution in [2.24, 2.45) is 0 Å². The smallest absolute Gasteiger partial charge is 0.289 e. The molecule has 2 rings (SSSR count). The number of nitrogens with zero attached hydrogens (tertiary/aromatic N) is 1. The fourth-order valence-electron chi connectivity index (χ4n) is 1.32. The Morgan fingerprint density at radius 3 is 2.69 bits per heavy atom. The monoisotopic (exact) mass is 243 g/mol. The first-order valence-corrected chi connectivity index (χ1v) is 5.03. The minimum Gasteiger partial charge on any atom is -0.444 e. The molecule has 70 valence electrons. The molecule has 4 heteroatoms. The van der Waals surface area contributed by atoms with Crippen LogP contribution in [0.25, 0.3) is 0 Å². The average molecular weight is 244 g/mol. The number of carbonyl (C=O) groups excluding carboxylic acids is 1. The van der Waals surface area contributed by atoms with E-state index in [1.807, 2.05) is 13.0 Å². The Kier molecular flexibility index (Phi) is 2.15. The minimum atomic E-state index is 0.00875. The number of aryl methyl sites for hydroxylation is 1. The normalized spacial score (nSPS) is 15.7. The van der Waals surface area contributed by atoms with E-state index in [2.05, 4.69) is 15.9 Å². The second-order valence-corrected chi connectivity index (χ2v) is 3.99. The lowest BCUT2D eigenvalue weighted by molar-refractivity contribution is 0.0616. The van der Waals surface area contributed by atoms with Crippen LogP contribution in [0.2, 0.25) is 0 Å². The molecule has 1 aliphatic heterocycles. The number of hydrogen-bond donors (Lipinski definition) is 0. The van der Waals surface area contributed by atoms with Crippen molar-refractivity contribution in [3.05, 3.63) is 22.1 Å². The maximum Gasteiger partial charge on any atom is 0.289 e. The largest absolute Gasteiger partial charge is 0.444 e. The first-order valence-electron chi connectivity index (χ1n) is 4.23. The molecule has 1 aromatic heterocycles. The Labute approximate surface area is 84.8 Å². The van der Waals surface area contributed by atoms with Crippen LogP contribution in [-0.4, -0.2) is 23.9 Å². The summed E-state index contributed by atoms with van der Waals surface area (Å²) in [6, 6.07) is 1.81. The third kappa shape index (κ3) is 1.50. The predicted octanol–water partition coefficient (Wildman–Crippen LogP) is 2.20. The lowest BCUT2D eigenvalue weighted by Gasteiger charge is -2.30. The van der Waals surface area contributed by atoms with E-state index in [-0.39, 0.29) is 5.91 Å². The summed E-state index contributed by atoms with van der Waals surface area (Å²) in [5, 5.41) is 0. The quantitative estimate of drug-likeness (QED) is 0.758. The summed E-state index contributed by atoms with van der Waals surface area (Å²) < 4.78 is 5.88. The van der Waals surface area contributed by atoms with E-state index in [9.17, 15) is 4.79 Å². The van der Waals surface area contributed by atoms with Gasteiger partial charge >= 0.3 is 0 Å². The maximum atomic E-state index is 11.7. The van der Waals surface area contributed by atoms with E-state index in [0.717, 1.165) is 25.1 Å². The fourth-order valence-corrected chi connectivity index (χ4v) is 1.82. The van der Waals surface area contributed by atoms with Crippen LogP contribution in [0.1, 0.15) is 22.5 Å². The molecule has 0 radical (unpaired) electrons. The molecule has 1 saturated heterocycles. The van der Waals surface area contributed by atoms with Crippen LogP contribution in [-0.2, 0) is 0 Å². The molecule has 1 aliphatic rings. The van der Waals surface area contributed by atoms with Gasteiger partial charge in [-0.15, -0.1) is 0 Å². The first kappa shape index (κ1) is 8.81. The van der Waals surface area contributed by atoms with Crippen LogP contribution in [0.3, 0.4) is 0 Å². The van der Waals surface area contributed by atoms with Crippen molar-refractivity contribution in [3.8, 4) is 0 Å². The second kappa shape index (κ2) is 3.18. The van der Waals surface area contributed by atoms with Gasteiger partial charge in [-0.2, -0.15) is 0 Å². The van der Waals surface area contributed by atoms with Crippen LogP contribution in [0.4, 0.5) is 0 Å². The Morgan fingerprint density at radius 2 is 2.31 bits per heavy atom. The van der Waals surface area contributed by atoms with Crippen molar-refractivity contribution in [2.75, 3.05) is 13.1 Å². The number of halogens is 1. The Balaban J connectivity index is 2.23. The van der Waals surface area contributed by atoms with Gasteiger partial charge in [-0.1, -0.05) is 0 Å². The lowest BCUT2D eigenvalue weighted by atomic mass is 10.2. The van der Waals surface area contributed by atoms with E-state index in [1.54, 1.807) is 4.90 Å². The van der Waals surface area contributed by atoms with Crippen molar-refractivity contribution in [2.45, 2.75) is 13.3 Å². The molecule has 0 bridgehead atoms. The van der Waals surface area contributed by atoms with Crippen molar-refractivity contribution < 1.29 is 9.21 Å². The standard InChI is InChI=1S/C9H10BrNO2/c1-6-5-7(10)13-8(6)9(12)11-3-2-4-11/h5H,2-4H2,1H3. The van der Waals surface area contributed by atoms with Crippen molar-refractivity contribution in [3.63, 3.8) is 0 Å². The fraction of sp³-hybridized carbons (Fsp3) is 0.444. The number of carbonyl (C=O) groups is 1. The van der Waals surface area contributed by atoms with Gasteiger partial charge in [0, 0.05) is 18.7 Å². The van der Waals surface area contributed by atoms with Gasteiger partial charge in [0.15, 0.2) is 10.4 Å². The van der Waals surface area contributed by atoms with Gasteiger partial charge in [-0.25, -0.2) is 0 Å². The van der Waals surface area contributed by atoms with Crippen molar-refractivity contribution in [1.82, 2.24) is 4.90 Å². The zero-order valence-electron chi connectivity index (χ0n) is 7.34. The summed E-state index contributed by atoms with van der Waals surface area (Å²) in [7, 11) is 0. The Hall–Kier alpha value is -0.770. The lowest BCUT2D eigenvalue weighted by Crippen LogP contribution is -2.42. The van der Waals surface area contributed by atoms with E-state index in [4.69, 9.17) is 4.42 Å². The molecule has 0 unspecified atom stereocenters. The summed E-state index contributed by atoms with van der Waals surface area (Å²) in [5.41, 5.74) is 0.892. The van der Waals surface area contributed by atoms with Crippen LogP contribution in [0.5, 0.6) is 0 Å². The highest BCUT2D eigenvalue weighted by Gasteiger charge is 2.25. The van der Waals surface area contributed by atoms with Crippen LogP contribution in [0, 0.1) is 6.92 Å². The molecule has 0 aliphatic carbocycles. The van der Waals surface area contributed by atoms with Crippen LogP contribution in [0.15, 0.2) is 15.2 Å². The molecule has 0 atom stereocenters. The summed E-state index contributed by atoms with van der Waals surface area (Å²) in [6.45, 7) is 3.59. The topological polar surface area (TPSA) is 33.5 Å². The number of furan rings is 1. The molecular formula is C9H10BrNO2. The number of hydrogen-bond acceptors (Lipinski definition) is 2. The Morgan fingerprint density at radius 1 is 1.62 bits per heavy atom. The molecule has 1 amide bonds. The summed E-state index contributed by atoms with van der Waals surface area (Å²) in [5.74, 6) is 0.473. The molecule has 1 fully saturated rings. The SMILES string of the molecule is Cc1cc(Br)oc1C(=O)N1CCC1. The first-order chi connectivity index (χ1) is 6.18. The van der Waals surface area contributed by atoms with Crippen LogP contribution >= 0.6 is 15.9 Å². The highest BCUT2D eigenvalue weighted by atomic mass is 79.9.